The molecule has 4 rings (SSSR count). The van der Waals surface area contributed by atoms with E-state index >= 15 is 0 Å². The number of hydrazone groups is 1. The van der Waals surface area contributed by atoms with Crippen molar-refractivity contribution in [3.05, 3.63) is 77.6 Å². The zero-order valence-electron chi connectivity index (χ0n) is 13.8. The fourth-order valence-electron chi connectivity index (χ4n) is 2.57. The fraction of sp³-hybridized carbons (Fsp3) is 0.105. The van der Waals surface area contributed by atoms with E-state index in [9.17, 15) is 4.79 Å². The Kier molecular flexibility index (Phi) is 4.34. The molecule has 2 aromatic carbocycles. The maximum absolute atomic E-state index is 12.1. The number of carbonyl (C=O) groups is 1. The van der Waals surface area contributed by atoms with E-state index in [1.165, 1.54) is 0 Å². The van der Waals surface area contributed by atoms with Crippen LogP contribution in [-0.2, 0) is 6.54 Å². The van der Waals surface area contributed by atoms with Crippen molar-refractivity contribution in [2.45, 2.75) is 6.54 Å². The zero-order chi connectivity index (χ0) is 17.8. The van der Waals surface area contributed by atoms with Gasteiger partial charge in [-0.2, -0.15) is 10.2 Å². The van der Waals surface area contributed by atoms with Crippen molar-refractivity contribution in [1.82, 2.24) is 15.2 Å². The molecule has 0 bridgehead atoms. The second-order valence-corrected chi connectivity index (χ2v) is 5.72. The van der Waals surface area contributed by atoms with E-state index in [0.717, 1.165) is 11.1 Å². The van der Waals surface area contributed by atoms with Crippen LogP contribution in [0.4, 0.5) is 0 Å². The highest BCUT2D eigenvalue weighted by Crippen LogP contribution is 2.32. The lowest BCUT2D eigenvalue weighted by molar-refractivity contribution is 0.0954. The van der Waals surface area contributed by atoms with Crippen LogP contribution in [0.15, 0.2) is 66.0 Å². The number of amides is 1. The summed E-state index contributed by atoms with van der Waals surface area (Å²) in [5.74, 6) is 0.871. The lowest BCUT2D eigenvalue weighted by Crippen LogP contribution is -2.17. The van der Waals surface area contributed by atoms with Crippen LogP contribution in [0, 0.1) is 0 Å². The number of aromatic nitrogens is 2. The van der Waals surface area contributed by atoms with Crippen molar-refractivity contribution < 1.29 is 14.3 Å². The highest BCUT2D eigenvalue weighted by Gasteiger charge is 2.15. The third kappa shape index (κ3) is 3.56. The van der Waals surface area contributed by atoms with Gasteiger partial charge >= 0.3 is 0 Å². The predicted molar refractivity (Wildman–Crippen MR) is 95.4 cm³/mol. The third-order valence-electron chi connectivity index (χ3n) is 3.86. The average Bonchev–Trinajstić information content (AvgIpc) is 3.31. The predicted octanol–water partition coefficient (Wildman–Crippen LogP) is 2.42. The van der Waals surface area contributed by atoms with Crippen LogP contribution >= 0.6 is 0 Å². The summed E-state index contributed by atoms with van der Waals surface area (Å²) in [6, 6.07) is 15.0. The molecule has 3 aromatic rings. The third-order valence-corrected chi connectivity index (χ3v) is 3.86. The van der Waals surface area contributed by atoms with Crippen LogP contribution in [0.1, 0.15) is 21.5 Å². The molecule has 26 heavy (non-hydrogen) atoms. The first-order chi connectivity index (χ1) is 12.8. The number of hydrogen-bond acceptors (Lipinski definition) is 5. The summed E-state index contributed by atoms with van der Waals surface area (Å²) >= 11 is 0. The first kappa shape index (κ1) is 15.9. The van der Waals surface area contributed by atoms with Gasteiger partial charge in [0.05, 0.1) is 19.0 Å². The highest BCUT2D eigenvalue weighted by atomic mass is 16.7. The number of rotatable bonds is 5. The molecule has 0 saturated carbocycles. The van der Waals surface area contributed by atoms with E-state index in [1.807, 2.05) is 41.2 Å². The minimum atomic E-state index is -0.323. The van der Waals surface area contributed by atoms with Gasteiger partial charge in [-0.3, -0.25) is 9.48 Å². The normalized spacial score (nSPS) is 12.5. The van der Waals surface area contributed by atoms with E-state index < -0.39 is 0 Å². The van der Waals surface area contributed by atoms with Crippen molar-refractivity contribution in [1.29, 1.82) is 0 Å². The first-order valence-corrected chi connectivity index (χ1v) is 8.07. The number of carbonyl (C=O) groups excluding carboxylic acids is 1. The van der Waals surface area contributed by atoms with E-state index in [2.05, 4.69) is 15.6 Å². The number of fused-ring (bicyclic) bond motifs is 1. The highest BCUT2D eigenvalue weighted by molar-refractivity contribution is 5.95. The molecule has 1 amide bonds. The molecule has 0 spiro atoms. The molecule has 0 atom stereocenters. The molecule has 7 nitrogen and oxygen atoms in total. The van der Waals surface area contributed by atoms with Crippen LogP contribution in [0.2, 0.25) is 0 Å². The van der Waals surface area contributed by atoms with E-state index in [4.69, 9.17) is 9.47 Å². The Labute approximate surface area is 149 Å². The number of nitrogens with zero attached hydrogens (tertiary/aromatic N) is 3. The summed E-state index contributed by atoms with van der Waals surface area (Å²) in [6.07, 6.45) is 5.11. The SMILES string of the molecule is O=C(N/N=C\c1cnn(Cc2ccccc2)c1)c1ccc2c(c1)OCO2. The molecule has 2 heterocycles. The summed E-state index contributed by atoms with van der Waals surface area (Å²) in [5.41, 5.74) is 4.91. The van der Waals surface area contributed by atoms with Crippen LogP contribution in [0.5, 0.6) is 11.5 Å². The molecule has 0 saturated heterocycles. The number of hydrogen-bond donors (Lipinski definition) is 1. The van der Waals surface area contributed by atoms with Gasteiger partial charge in [-0.25, -0.2) is 5.43 Å². The summed E-state index contributed by atoms with van der Waals surface area (Å²) in [6.45, 7) is 0.851. The molecule has 1 aromatic heterocycles. The van der Waals surface area contributed by atoms with Gasteiger partial charge in [0.2, 0.25) is 6.79 Å². The summed E-state index contributed by atoms with van der Waals surface area (Å²) in [5, 5.41) is 8.27. The molecule has 0 radical (unpaired) electrons. The topological polar surface area (TPSA) is 77.7 Å². The Hall–Kier alpha value is -3.61. The van der Waals surface area contributed by atoms with Gasteiger partial charge in [0.15, 0.2) is 11.5 Å². The molecular weight excluding hydrogens is 332 g/mol. The fourth-order valence-corrected chi connectivity index (χ4v) is 2.57. The van der Waals surface area contributed by atoms with Gasteiger partial charge < -0.3 is 9.47 Å². The van der Waals surface area contributed by atoms with E-state index in [1.54, 1.807) is 30.6 Å². The first-order valence-electron chi connectivity index (χ1n) is 8.07. The van der Waals surface area contributed by atoms with Crippen molar-refractivity contribution in [2.75, 3.05) is 6.79 Å². The summed E-state index contributed by atoms with van der Waals surface area (Å²) in [4.78, 5) is 12.1. The Morgan fingerprint density at radius 2 is 2.04 bits per heavy atom. The number of nitrogens with one attached hydrogen (secondary N) is 1. The number of benzene rings is 2. The van der Waals surface area contributed by atoms with Gasteiger partial charge in [-0.05, 0) is 23.8 Å². The Morgan fingerprint density at radius 3 is 2.92 bits per heavy atom. The zero-order valence-corrected chi connectivity index (χ0v) is 13.8. The maximum Gasteiger partial charge on any atom is 0.271 e. The maximum atomic E-state index is 12.1. The Balaban J connectivity index is 1.36. The van der Waals surface area contributed by atoms with Crippen molar-refractivity contribution in [3.8, 4) is 11.5 Å². The van der Waals surface area contributed by atoms with Crippen LogP contribution < -0.4 is 14.9 Å². The minimum Gasteiger partial charge on any atom is -0.454 e. The lowest BCUT2D eigenvalue weighted by atomic mass is 10.2. The van der Waals surface area contributed by atoms with Gasteiger partial charge in [-0.15, -0.1) is 0 Å². The minimum absolute atomic E-state index is 0.172. The lowest BCUT2D eigenvalue weighted by Gasteiger charge is -2.01. The molecule has 0 aliphatic carbocycles. The molecule has 0 fully saturated rings. The van der Waals surface area contributed by atoms with E-state index in [-0.39, 0.29) is 12.7 Å². The van der Waals surface area contributed by atoms with Crippen LogP contribution in [0.25, 0.3) is 0 Å². The monoisotopic (exact) mass is 348 g/mol. The molecule has 1 aliphatic rings. The molecule has 7 heteroatoms. The Morgan fingerprint density at radius 1 is 1.19 bits per heavy atom. The summed E-state index contributed by atoms with van der Waals surface area (Å²) in [7, 11) is 0. The van der Waals surface area contributed by atoms with Gasteiger partial charge in [0.25, 0.3) is 5.91 Å². The van der Waals surface area contributed by atoms with Gasteiger partial charge in [0.1, 0.15) is 0 Å². The van der Waals surface area contributed by atoms with E-state index in [0.29, 0.717) is 23.6 Å². The van der Waals surface area contributed by atoms with Crippen molar-refractivity contribution in [3.63, 3.8) is 0 Å². The van der Waals surface area contributed by atoms with Crippen molar-refractivity contribution >= 4 is 12.1 Å². The largest absolute Gasteiger partial charge is 0.454 e. The van der Waals surface area contributed by atoms with Crippen LogP contribution in [-0.4, -0.2) is 28.7 Å². The molecular formula is C19H16N4O3. The summed E-state index contributed by atoms with van der Waals surface area (Å²) < 4.78 is 12.3. The quantitative estimate of drug-likeness (QED) is 0.567. The molecule has 0 unspecified atom stereocenters. The van der Waals surface area contributed by atoms with Crippen molar-refractivity contribution in [2.24, 2.45) is 5.10 Å². The standard InChI is InChI=1S/C19H16N4O3/c24-19(16-6-7-17-18(8-16)26-13-25-17)22-20-9-15-10-21-23(12-15)11-14-4-2-1-3-5-14/h1-10,12H,11,13H2,(H,22,24)/b20-9-. The second-order valence-electron chi connectivity index (χ2n) is 5.72. The number of ether oxygens (including phenoxy) is 2. The Bertz CT molecular complexity index is 950. The van der Waals surface area contributed by atoms with Gasteiger partial charge in [0, 0.05) is 17.3 Å². The smallest absolute Gasteiger partial charge is 0.271 e. The van der Waals surface area contributed by atoms with Gasteiger partial charge in [-0.1, -0.05) is 30.3 Å². The average molecular weight is 348 g/mol. The molecule has 1 N–H and O–H groups in total. The molecule has 1 aliphatic heterocycles. The second kappa shape index (κ2) is 7.10. The van der Waals surface area contributed by atoms with Crippen LogP contribution in [0.3, 0.4) is 0 Å². The molecule has 130 valence electrons.